The number of anilines is 1. The highest BCUT2D eigenvalue weighted by Gasteiger charge is 2.32. The number of amides is 1. The molecule has 6 nitrogen and oxygen atoms in total. The maximum Gasteiger partial charge on any atom is 0.237 e. The highest BCUT2D eigenvalue weighted by molar-refractivity contribution is 5.83. The van der Waals surface area contributed by atoms with Crippen molar-refractivity contribution >= 4 is 11.7 Å². The van der Waals surface area contributed by atoms with Crippen LogP contribution in [0.25, 0.3) is 0 Å². The summed E-state index contributed by atoms with van der Waals surface area (Å²) in [4.78, 5) is 22.1. The van der Waals surface area contributed by atoms with Crippen LogP contribution in [0.4, 0.5) is 5.82 Å². The van der Waals surface area contributed by atoms with Crippen LogP contribution < -0.4 is 10.6 Å². The summed E-state index contributed by atoms with van der Waals surface area (Å²) < 4.78 is 0. The maximum atomic E-state index is 11.7. The fourth-order valence-electron chi connectivity index (χ4n) is 2.87. The van der Waals surface area contributed by atoms with E-state index in [-0.39, 0.29) is 11.9 Å². The van der Waals surface area contributed by atoms with Crippen molar-refractivity contribution in [2.75, 3.05) is 25.0 Å². The number of nitrogens with one attached hydrogen (secondary N) is 2. The van der Waals surface area contributed by atoms with Crippen molar-refractivity contribution in [3.63, 3.8) is 0 Å². The molecule has 6 heteroatoms. The summed E-state index contributed by atoms with van der Waals surface area (Å²) in [6, 6.07) is 2.42. The van der Waals surface area contributed by atoms with Gasteiger partial charge in [-0.1, -0.05) is 0 Å². The molecule has 1 amide bonds. The van der Waals surface area contributed by atoms with Crippen molar-refractivity contribution in [1.82, 2.24) is 20.2 Å². The first kappa shape index (κ1) is 12.3. The van der Waals surface area contributed by atoms with E-state index in [4.69, 9.17) is 0 Å². The normalized spacial score (nSPS) is 25.3. The Labute approximate surface area is 112 Å². The smallest absolute Gasteiger partial charge is 0.237 e. The van der Waals surface area contributed by atoms with E-state index in [1.54, 1.807) is 12.5 Å². The number of piperidine rings is 1. The van der Waals surface area contributed by atoms with Gasteiger partial charge in [0.25, 0.3) is 0 Å². The molecule has 1 unspecified atom stereocenters. The van der Waals surface area contributed by atoms with Crippen molar-refractivity contribution in [3.05, 3.63) is 18.6 Å². The molecular formula is C13H19N5O. The van der Waals surface area contributed by atoms with Crippen molar-refractivity contribution < 1.29 is 4.79 Å². The minimum absolute atomic E-state index is 0.0972. The van der Waals surface area contributed by atoms with Crippen LogP contribution in [0.2, 0.25) is 0 Å². The second-order valence-corrected chi connectivity index (χ2v) is 5.14. The molecule has 102 valence electrons. The Morgan fingerprint density at radius 3 is 2.79 bits per heavy atom. The molecule has 1 atom stereocenters. The fraction of sp³-hybridized carbons (Fsp3) is 0.615. The van der Waals surface area contributed by atoms with E-state index in [1.165, 1.54) is 0 Å². The first-order chi connectivity index (χ1) is 9.33. The number of rotatable bonds is 3. The number of carbonyl (C=O) groups is 1. The summed E-state index contributed by atoms with van der Waals surface area (Å²) in [6.45, 7) is 2.77. The molecule has 0 spiro atoms. The largest absolute Gasteiger partial charge is 0.367 e. The average Bonchev–Trinajstić information content (AvgIpc) is 2.87. The molecule has 2 N–H and O–H groups in total. The van der Waals surface area contributed by atoms with Crippen LogP contribution in [-0.2, 0) is 4.79 Å². The third-order valence-corrected chi connectivity index (χ3v) is 3.92. The van der Waals surface area contributed by atoms with Gasteiger partial charge in [0.05, 0.1) is 6.04 Å². The lowest BCUT2D eigenvalue weighted by Crippen LogP contribution is -2.47. The van der Waals surface area contributed by atoms with Crippen LogP contribution in [0.3, 0.4) is 0 Å². The van der Waals surface area contributed by atoms with Gasteiger partial charge < -0.3 is 10.6 Å². The summed E-state index contributed by atoms with van der Waals surface area (Å²) >= 11 is 0. The predicted octanol–water partition coefficient (Wildman–Crippen LogP) is 0.241. The first-order valence-electron chi connectivity index (χ1n) is 6.87. The Morgan fingerprint density at radius 2 is 2.16 bits per heavy atom. The third-order valence-electron chi connectivity index (χ3n) is 3.92. The molecule has 0 saturated carbocycles. The summed E-state index contributed by atoms with van der Waals surface area (Å²) in [7, 11) is 0. The Hall–Kier alpha value is -1.69. The SMILES string of the molecule is O=C1NCCC1N1CCC(Nc2ccncn2)CC1. The Morgan fingerprint density at radius 1 is 1.32 bits per heavy atom. The summed E-state index contributed by atoms with van der Waals surface area (Å²) in [6.07, 6.45) is 6.35. The summed E-state index contributed by atoms with van der Waals surface area (Å²) in [5, 5.41) is 6.33. The second kappa shape index (κ2) is 5.52. The summed E-state index contributed by atoms with van der Waals surface area (Å²) in [5.41, 5.74) is 0. The van der Waals surface area contributed by atoms with Gasteiger partial charge in [-0.3, -0.25) is 9.69 Å². The van der Waals surface area contributed by atoms with Gasteiger partial charge >= 0.3 is 0 Å². The first-order valence-corrected chi connectivity index (χ1v) is 6.87. The minimum Gasteiger partial charge on any atom is -0.367 e. The molecule has 0 aromatic carbocycles. The fourth-order valence-corrected chi connectivity index (χ4v) is 2.87. The second-order valence-electron chi connectivity index (χ2n) is 5.14. The topological polar surface area (TPSA) is 70.2 Å². The van der Waals surface area contributed by atoms with Gasteiger partial charge in [-0.05, 0) is 25.3 Å². The maximum absolute atomic E-state index is 11.7. The van der Waals surface area contributed by atoms with E-state index < -0.39 is 0 Å². The monoisotopic (exact) mass is 261 g/mol. The zero-order valence-electron chi connectivity index (χ0n) is 10.9. The van der Waals surface area contributed by atoms with Gasteiger partial charge in [0.2, 0.25) is 5.91 Å². The number of likely N-dealkylation sites (tertiary alicyclic amines) is 1. The van der Waals surface area contributed by atoms with Crippen molar-refractivity contribution in [2.24, 2.45) is 0 Å². The molecule has 3 rings (SSSR count). The number of aromatic nitrogens is 2. The van der Waals surface area contributed by atoms with Gasteiger partial charge in [-0.2, -0.15) is 0 Å². The van der Waals surface area contributed by atoms with Crippen LogP contribution in [0.15, 0.2) is 18.6 Å². The van der Waals surface area contributed by atoms with E-state index in [0.717, 1.165) is 44.7 Å². The molecule has 1 aromatic rings. The van der Waals surface area contributed by atoms with E-state index in [2.05, 4.69) is 25.5 Å². The van der Waals surface area contributed by atoms with Crippen LogP contribution in [0.1, 0.15) is 19.3 Å². The van der Waals surface area contributed by atoms with E-state index in [9.17, 15) is 4.79 Å². The molecule has 2 saturated heterocycles. The van der Waals surface area contributed by atoms with Crippen molar-refractivity contribution in [3.8, 4) is 0 Å². The van der Waals surface area contributed by atoms with Crippen LogP contribution in [-0.4, -0.2) is 52.5 Å². The third kappa shape index (κ3) is 2.84. The lowest BCUT2D eigenvalue weighted by atomic mass is 10.0. The molecule has 2 fully saturated rings. The standard InChI is InChI=1S/C13H19N5O/c19-13-11(1-6-15-13)18-7-3-10(4-8-18)17-12-2-5-14-9-16-12/h2,5,9-11H,1,3-4,6-8H2,(H,15,19)(H,14,16,17). The van der Waals surface area contributed by atoms with Gasteiger partial charge in [0.1, 0.15) is 12.1 Å². The Bertz CT molecular complexity index is 430. The van der Waals surface area contributed by atoms with E-state index in [1.807, 2.05) is 6.07 Å². The molecule has 0 bridgehead atoms. The number of nitrogens with zero attached hydrogens (tertiary/aromatic N) is 3. The minimum atomic E-state index is 0.0972. The molecule has 2 aliphatic rings. The molecule has 3 heterocycles. The lowest BCUT2D eigenvalue weighted by Gasteiger charge is -2.35. The number of hydrogen-bond acceptors (Lipinski definition) is 5. The van der Waals surface area contributed by atoms with Crippen LogP contribution in [0, 0.1) is 0 Å². The highest BCUT2D eigenvalue weighted by atomic mass is 16.2. The molecular weight excluding hydrogens is 242 g/mol. The lowest BCUT2D eigenvalue weighted by molar-refractivity contribution is -0.124. The quantitative estimate of drug-likeness (QED) is 0.816. The number of carbonyl (C=O) groups excluding carboxylic acids is 1. The van der Waals surface area contributed by atoms with Crippen LogP contribution in [0.5, 0.6) is 0 Å². The summed E-state index contributed by atoms with van der Waals surface area (Å²) in [5.74, 6) is 1.08. The van der Waals surface area contributed by atoms with Gasteiger partial charge in [-0.25, -0.2) is 9.97 Å². The van der Waals surface area contributed by atoms with E-state index in [0.29, 0.717) is 6.04 Å². The molecule has 0 aliphatic carbocycles. The van der Waals surface area contributed by atoms with Gasteiger partial charge in [0.15, 0.2) is 0 Å². The molecule has 1 aromatic heterocycles. The number of hydrogen-bond donors (Lipinski definition) is 2. The van der Waals surface area contributed by atoms with Crippen LogP contribution >= 0.6 is 0 Å². The Balaban J connectivity index is 1.51. The predicted molar refractivity (Wildman–Crippen MR) is 71.7 cm³/mol. The molecule has 19 heavy (non-hydrogen) atoms. The zero-order chi connectivity index (χ0) is 13.1. The highest BCUT2D eigenvalue weighted by Crippen LogP contribution is 2.19. The zero-order valence-corrected chi connectivity index (χ0v) is 10.9. The van der Waals surface area contributed by atoms with Crippen molar-refractivity contribution in [1.29, 1.82) is 0 Å². The average molecular weight is 261 g/mol. The van der Waals surface area contributed by atoms with Gasteiger partial charge in [0, 0.05) is 31.9 Å². The van der Waals surface area contributed by atoms with Gasteiger partial charge in [-0.15, -0.1) is 0 Å². The molecule has 2 aliphatic heterocycles. The van der Waals surface area contributed by atoms with E-state index >= 15 is 0 Å². The molecule has 0 radical (unpaired) electrons. The Kier molecular flexibility index (Phi) is 3.59. The van der Waals surface area contributed by atoms with Crippen molar-refractivity contribution in [2.45, 2.75) is 31.3 Å².